The summed E-state index contributed by atoms with van der Waals surface area (Å²) < 4.78 is 0. The molecular weight excluding hydrogens is 278 g/mol. The van der Waals surface area contributed by atoms with Gasteiger partial charge in [0.1, 0.15) is 10.8 Å². The van der Waals surface area contributed by atoms with Crippen molar-refractivity contribution >= 4 is 23.0 Å². The molecule has 1 aliphatic carbocycles. The summed E-state index contributed by atoms with van der Waals surface area (Å²) in [6.45, 7) is 7.36. The van der Waals surface area contributed by atoms with Crippen molar-refractivity contribution in [2.45, 2.75) is 52.9 Å². The molecule has 116 valence electrons. The number of thiocarbonyl (C=S) groups is 1. The highest BCUT2D eigenvalue weighted by molar-refractivity contribution is 7.80. The number of hydrogen-bond acceptors (Lipinski definition) is 3. The third-order valence-electron chi connectivity index (χ3n) is 4.48. The first kappa shape index (κ1) is 16.2. The molecule has 1 aliphatic rings. The predicted molar refractivity (Wildman–Crippen MR) is 93.8 cm³/mol. The van der Waals surface area contributed by atoms with Crippen molar-refractivity contribution in [1.82, 2.24) is 4.98 Å². The zero-order valence-electron chi connectivity index (χ0n) is 13.4. The number of aromatic nitrogens is 1. The van der Waals surface area contributed by atoms with Crippen LogP contribution in [0.2, 0.25) is 0 Å². The third kappa shape index (κ3) is 4.40. The minimum atomic E-state index is 0.425. The van der Waals surface area contributed by atoms with E-state index in [0.717, 1.165) is 41.0 Å². The second kappa shape index (κ2) is 7.21. The molecule has 1 aromatic heterocycles. The van der Waals surface area contributed by atoms with Crippen LogP contribution in [0, 0.1) is 25.7 Å². The Kier molecular flexibility index (Phi) is 5.57. The van der Waals surface area contributed by atoms with Gasteiger partial charge in [-0.1, -0.05) is 38.4 Å². The van der Waals surface area contributed by atoms with E-state index in [9.17, 15) is 0 Å². The van der Waals surface area contributed by atoms with Gasteiger partial charge in [0.15, 0.2) is 0 Å². The minimum absolute atomic E-state index is 0.425. The quantitative estimate of drug-likeness (QED) is 0.808. The van der Waals surface area contributed by atoms with E-state index in [1.54, 1.807) is 0 Å². The van der Waals surface area contributed by atoms with Crippen LogP contribution in [0.15, 0.2) is 6.07 Å². The van der Waals surface area contributed by atoms with Gasteiger partial charge < -0.3 is 11.1 Å². The topological polar surface area (TPSA) is 50.9 Å². The van der Waals surface area contributed by atoms with Gasteiger partial charge in [-0.25, -0.2) is 4.98 Å². The van der Waals surface area contributed by atoms with Crippen molar-refractivity contribution < 1.29 is 0 Å². The number of pyridine rings is 1. The van der Waals surface area contributed by atoms with E-state index in [1.807, 2.05) is 19.9 Å². The van der Waals surface area contributed by atoms with E-state index in [-0.39, 0.29) is 0 Å². The second-order valence-corrected chi connectivity index (χ2v) is 6.96. The fourth-order valence-electron chi connectivity index (χ4n) is 3.49. The Morgan fingerprint density at radius 3 is 2.86 bits per heavy atom. The second-order valence-electron chi connectivity index (χ2n) is 6.52. The Morgan fingerprint density at radius 1 is 1.43 bits per heavy atom. The molecule has 1 aromatic rings. The van der Waals surface area contributed by atoms with Crippen molar-refractivity contribution in [1.29, 1.82) is 0 Å². The summed E-state index contributed by atoms with van der Waals surface area (Å²) in [5.74, 6) is 2.58. The molecule has 1 fully saturated rings. The molecule has 21 heavy (non-hydrogen) atoms. The molecule has 0 aliphatic heterocycles. The number of anilines is 1. The molecule has 2 atom stereocenters. The predicted octanol–water partition coefficient (Wildman–Crippen LogP) is 3.96. The standard InChI is InChI=1S/C17H27N3S/c1-11-5-4-6-14(9-11)7-8-19-17-15(16(18)21)12(2)10-13(3)20-17/h10-11,14H,4-9H2,1-3H3,(H2,18,21)(H,19,20). The summed E-state index contributed by atoms with van der Waals surface area (Å²) in [7, 11) is 0. The fraction of sp³-hybridized carbons (Fsp3) is 0.647. The maximum absolute atomic E-state index is 5.85. The van der Waals surface area contributed by atoms with E-state index in [0.29, 0.717) is 4.99 Å². The van der Waals surface area contributed by atoms with Crippen LogP contribution in [-0.2, 0) is 0 Å². The van der Waals surface area contributed by atoms with Gasteiger partial charge in [-0.05, 0) is 50.2 Å². The van der Waals surface area contributed by atoms with E-state index in [2.05, 4.69) is 17.2 Å². The lowest BCUT2D eigenvalue weighted by atomic mass is 9.81. The maximum Gasteiger partial charge on any atom is 0.136 e. The first-order valence-electron chi connectivity index (χ1n) is 7.99. The molecule has 0 amide bonds. The van der Waals surface area contributed by atoms with Crippen LogP contribution in [0.4, 0.5) is 5.82 Å². The van der Waals surface area contributed by atoms with E-state index in [4.69, 9.17) is 18.0 Å². The Bertz CT molecular complexity index is 513. The summed E-state index contributed by atoms with van der Waals surface area (Å²) in [5, 5.41) is 3.46. The van der Waals surface area contributed by atoms with Crippen molar-refractivity contribution in [2.75, 3.05) is 11.9 Å². The first-order valence-corrected chi connectivity index (χ1v) is 8.40. The molecule has 2 rings (SSSR count). The Morgan fingerprint density at radius 2 is 2.19 bits per heavy atom. The van der Waals surface area contributed by atoms with Crippen molar-refractivity contribution in [3.05, 3.63) is 22.9 Å². The molecule has 0 aromatic carbocycles. The SMILES string of the molecule is Cc1cc(C)c(C(N)=S)c(NCCC2CCCC(C)C2)n1. The van der Waals surface area contributed by atoms with Crippen LogP contribution in [0.3, 0.4) is 0 Å². The van der Waals surface area contributed by atoms with Crippen LogP contribution in [-0.4, -0.2) is 16.5 Å². The van der Waals surface area contributed by atoms with Crippen LogP contribution < -0.4 is 11.1 Å². The normalized spacial score (nSPS) is 22.0. The smallest absolute Gasteiger partial charge is 0.136 e. The number of nitrogens with two attached hydrogens (primary N) is 1. The highest BCUT2D eigenvalue weighted by atomic mass is 32.1. The molecule has 1 heterocycles. The van der Waals surface area contributed by atoms with E-state index < -0.39 is 0 Å². The average Bonchev–Trinajstić information content (AvgIpc) is 2.37. The molecule has 1 saturated carbocycles. The first-order chi connectivity index (χ1) is 9.97. The largest absolute Gasteiger partial charge is 0.389 e. The highest BCUT2D eigenvalue weighted by Gasteiger charge is 2.19. The zero-order chi connectivity index (χ0) is 15.4. The number of rotatable bonds is 5. The fourth-order valence-corrected chi connectivity index (χ4v) is 3.75. The average molecular weight is 305 g/mol. The highest BCUT2D eigenvalue weighted by Crippen LogP contribution is 2.30. The van der Waals surface area contributed by atoms with Gasteiger partial charge in [0.05, 0.1) is 5.56 Å². The van der Waals surface area contributed by atoms with Gasteiger partial charge in [-0.3, -0.25) is 0 Å². The number of hydrogen-bond donors (Lipinski definition) is 2. The minimum Gasteiger partial charge on any atom is -0.389 e. The number of aryl methyl sites for hydroxylation is 2. The summed E-state index contributed by atoms with van der Waals surface area (Å²) in [5.41, 5.74) is 8.85. The zero-order valence-corrected chi connectivity index (χ0v) is 14.2. The summed E-state index contributed by atoms with van der Waals surface area (Å²) in [6, 6.07) is 2.03. The molecule has 3 nitrogen and oxygen atoms in total. The molecule has 4 heteroatoms. The molecule has 0 bridgehead atoms. The van der Waals surface area contributed by atoms with E-state index in [1.165, 1.54) is 32.1 Å². The van der Waals surface area contributed by atoms with Crippen molar-refractivity contribution in [2.24, 2.45) is 17.6 Å². The van der Waals surface area contributed by atoms with Gasteiger partial charge in [0.25, 0.3) is 0 Å². The molecule has 2 unspecified atom stereocenters. The Labute approximate surface area is 133 Å². The third-order valence-corrected chi connectivity index (χ3v) is 4.69. The summed E-state index contributed by atoms with van der Waals surface area (Å²) >= 11 is 5.17. The van der Waals surface area contributed by atoms with Gasteiger partial charge >= 0.3 is 0 Å². The lowest BCUT2D eigenvalue weighted by molar-refractivity contribution is 0.274. The van der Waals surface area contributed by atoms with Gasteiger partial charge in [-0.2, -0.15) is 0 Å². The molecule has 0 saturated heterocycles. The van der Waals surface area contributed by atoms with Gasteiger partial charge in [-0.15, -0.1) is 0 Å². The number of nitrogens with zero attached hydrogens (tertiary/aromatic N) is 1. The summed E-state index contributed by atoms with van der Waals surface area (Å²) in [6.07, 6.45) is 6.72. The number of nitrogens with one attached hydrogen (secondary N) is 1. The van der Waals surface area contributed by atoms with Crippen LogP contribution in [0.5, 0.6) is 0 Å². The maximum atomic E-state index is 5.85. The van der Waals surface area contributed by atoms with Gasteiger partial charge in [0, 0.05) is 12.2 Å². The molecular formula is C17H27N3S. The van der Waals surface area contributed by atoms with Gasteiger partial charge in [0.2, 0.25) is 0 Å². The molecule has 0 spiro atoms. The summed E-state index contributed by atoms with van der Waals surface area (Å²) in [4.78, 5) is 5.00. The van der Waals surface area contributed by atoms with Crippen LogP contribution in [0.25, 0.3) is 0 Å². The van der Waals surface area contributed by atoms with Crippen molar-refractivity contribution in [3.63, 3.8) is 0 Å². The van der Waals surface area contributed by atoms with Crippen LogP contribution in [0.1, 0.15) is 55.8 Å². The Hall–Kier alpha value is -1.16. The van der Waals surface area contributed by atoms with E-state index >= 15 is 0 Å². The lowest BCUT2D eigenvalue weighted by Gasteiger charge is -2.26. The van der Waals surface area contributed by atoms with Crippen molar-refractivity contribution in [3.8, 4) is 0 Å². The molecule has 3 N–H and O–H groups in total. The monoisotopic (exact) mass is 305 g/mol. The Balaban J connectivity index is 1.98. The molecule has 0 radical (unpaired) electrons. The lowest BCUT2D eigenvalue weighted by Crippen LogP contribution is -2.20. The van der Waals surface area contributed by atoms with Crippen LogP contribution >= 0.6 is 12.2 Å².